The molecule has 2 unspecified atom stereocenters. The standard InChI is InChI=1S/C20H24F3NO4/c1-20(2,3)28-19(26)24-13-6-12(7-14(24)10-27-9-13)16(25)8-11-4-5-15(21)18(23)17(11)22/h4-5,12-14H,6-10H2,1-3H3. The number of Topliss-reactive ketones (excluding diaryl/α,β-unsaturated/α-hetero) is 1. The second kappa shape index (κ2) is 7.73. The van der Waals surface area contributed by atoms with Crippen molar-refractivity contribution in [2.45, 2.75) is 57.7 Å². The minimum Gasteiger partial charge on any atom is -0.444 e. The smallest absolute Gasteiger partial charge is 0.410 e. The molecule has 2 aliphatic heterocycles. The van der Waals surface area contributed by atoms with Gasteiger partial charge in [-0.05, 0) is 45.2 Å². The van der Waals surface area contributed by atoms with Crippen LogP contribution in [0.2, 0.25) is 0 Å². The van der Waals surface area contributed by atoms with Gasteiger partial charge in [-0.1, -0.05) is 6.07 Å². The van der Waals surface area contributed by atoms with Gasteiger partial charge in [-0.2, -0.15) is 0 Å². The molecule has 1 aromatic carbocycles. The van der Waals surface area contributed by atoms with Crippen LogP contribution in [0.4, 0.5) is 18.0 Å². The summed E-state index contributed by atoms with van der Waals surface area (Å²) in [5.74, 6) is -4.86. The lowest BCUT2D eigenvalue weighted by molar-refractivity contribution is -0.131. The molecule has 2 bridgehead atoms. The number of amides is 1. The zero-order valence-electron chi connectivity index (χ0n) is 16.1. The number of hydrogen-bond donors (Lipinski definition) is 0. The minimum atomic E-state index is -1.57. The zero-order chi connectivity index (χ0) is 20.6. The third-order valence-corrected chi connectivity index (χ3v) is 5.06. The van der Waals surface area contributed by atoms with E-state index in [1.54, 1.807) is 25.7 Å². The lowest BCUT2D eigenvalue weighted by Crippen LogP contribution is -2.60. The molecule has 0 aromatic heterocycles. The van der Waals surface area contributed by atoms with Gasteiger partial charge in [0.1, 0.15) is 11.4 Å². The predicted molar refractivity (Wildman–Crippen MR) is 94.2 cm³/mol. The fourth-order valence-corrected chi connectivity index (χ4v) is 3.83. The topological polar surface area (TPSA) is 55.8 Å². The monoisotopic (exact) mass is 399 g/mol. The molecule has 2 aliphatic rings. The van der Waals surface area contributed by atoms with Crippen molar-refractivity contribution in [3.05, 3.63) is 35.1 Å². The molecule has 0 aliphatic carbocycles. The zero-order valence-corrected chi connectivity index (χ0v) is 16.1. The van der Waals surface area contributed by atoms with E-state index in [0.717, 1.165) is 12.1 Å². The summed E-state index contributed by atoms with van der Waals surface area (Å²) in [6.07, 6.45) is -0.0384. The quantitative estimate of drug-likeness (QED) is 0.729. The lowest BCUT2D eigenvalue weighted by atomic mass is 9.81. The minimum absolute atomic E-state index is 0.167. The van der Waals surface area contributed by atoms with Gasteiger partial charge in [0.15, 0.2) is 17.5 Å². The van der Waals surface area contributed by atoms with Crippen LogP contribution in [0.25, 0.3) is 0 Å². The molecule has 2 fully saturated rings. The van der Waals surface area contributed by atoms with Crippen LogP contribution < -0.4 is 0 Å². The van der Waals surface area contributed by atoms with E-state index in [4.69, 9.17) is 9.47 Å². The van der Waals surface area contributed by atoms with Gasteiger partial charge in [0, 0.05) is 12.3 Å². The maximum absolute atomic E-state index is 13.9. The number of ketones is 1. The summed E-state index contributed by atoms with van der Waals surface area (Å²) in [6, 6.07) is 1.28. The Morgan fingerprint density at radius 2 is 1.71 bits per heavy atom. The number of nitrogens with zero attached hydrogens (tertiary/aromatic N) is 1. The van der Waals surface area contributed by atoms with E-state index in [1.165, 1.54) is 0 Å². The number of morpholine rings is 1. The van der Waals surface area contributed by atoms with E-state index >= 15 is 0 Å². The van der Waals surface area contributed by atoms with Crippen LogP contribution in [-0.4, -0.2) is 47.7 Å². The van der Waals surface area contributed by atoms with Crippen molar-refractivity contribution in [3.63, 3.8) is 0 Å². The van der Waals surface area contributed by atoms with Crippen molar-refractivity contribution < 1.29 is 32.2 Å². The van der Waals surface area contributed by atoms with Crippen LogP contribution in [0.5, 0.6) is 0 Å². The fraction of sp³-hybridized carbons (Fsp3) is 0.600. The number of fused-ring (bicyclic) bond motifs is 2. The molecule has 2 saturated heterocycles. The Bertz CT molecular complexity index is 763. The van der Waals surface area contributed by atoms with E-state index in [1.807, 2.05) is 0 Å². The van der Waals surface area contributed by atoms with Gasteiger partial charge < -0.3 is 9.47 Å². The Labute approximate surface area is 161 Å². The van der Waals surface area contributed by atoms with Gasteiger partial charge in [0.25, 0.3) is 0 Å². The normalized spacial score (nSPS) is 24.8. The van der Waals surface area contributed by atoms with E-state index < -0.39 is 35.1 Å². The van der Waals surface area contributed by atoms with Crippen molar-refractivity contribution in [2.75, 3.05) is 13.2 Å². The second-order valence-electron chi connectivity index (χ2n) is 8.38. The largest absolute Gasteiger partial charge is 0.444 e. The number of rotatable bonds is 3. The Morgan fingerprint density at radius 1 is 1.11 bits per heavy atom. The van der Waals surface area contributed by atoms with Crippen LogP contribution >= 0.6 is 0 Å². The number of ether oxygens (including phenoxy) is 2. The summed E-state index contributed by atoms with van der Waals surface area (Å²) in [5, 5.41) is 0. The van der Waals surface area contributed by atoms with E-state index in [9.17, 15) is 22.8 Å². The Kier molecular flexibility index (Phi) is 5.70. The molecule has 0 saturated carbocycles. The first-order chi connectivity index (χ1) is 13.1. The molecule has 8 heteroatoms. The molecule has 5 nitrogen and oxygen atoms in total. The first-order valence-electron chi connectivity index (χ1n) is 9.31. The summed E-state index contributed by atoms with van der Waals surface area (Å²) >= 11 is 0. The van der Waals surface area contributed by atoms with E-state index in [-0.39, 0.29) is 29.9 Å². The Hall–Kier alpha value is -2.09. The van der Waals surface area contributed by atoms with Crippen LogP contribution in [0.15, 0.2) is 12.1 Å². The Balaban J connectivity index is 1.70. The third-order valence-electron chi connectivity index (χ3n) is 5.06. The molecule has 1 aromatic rings. The number of hydrogen-bond acceptors (Lipinski definition) is 4. The van der Waals surface area contributed by atoms with Gasteiger partial charge in [-0.25, -0.2) is 18.0 Å². The van der Waals surface area contributed by atoms with Gasteiger partial charge in [0.05, 0.1) is 25.3 Å². The van der Waals surface area contributed by atoms with Crippen molar-refractivity contribution in [1.29, 1.82) is 0 Å². The van der Waals surface area contributed by atoms with Crippen LogP contribution in [0.3, 0.4) is 0 Å². The highest BCUT2D eigenvalue weighted by atomic mass is 19.2. The fourth-order valence-electron chi connectivity index (χ4n) is 3.83. The molecule has 3 rings (SSSR count). The first kappa shape index (κ1) is 20.6. The van der Waals surface area contributed by atoms with Gasteiger partial charge in [0.2, 0.25) is 0 Å². The molecule has 28 heavy (non-hydrogen) atoms. The number of benzene rings is 1. The molecule has 0 radical (unpaired) electrons. The number of carbonyl (C=O) groups excluding carboxylic acids is 2. The lowest BCUT2D eigenvalue weighted by Gasteiger charge is -2.47. The summed E-state index contributed by atoms with van der Waals surface area (Å²) in [7, 11) is 0. The molecular formula is C20H24F3NO4. The van der Waals surface area contributed by atoms with Crippen LogP contribution in [0, 0.1) is 23.4 Å². The Morgan fingerprint density at radius 3 is 2.29 bits per heavy atom. The molecule has 2 atom stereocenters. The van der Waals surface area contributed by atoms with Crippen molar-refractivity contribution in [2.24, 2.45) is 5.92 Å². The van der Waals surface area contributed by atoms with Crippen LogP contribution in [0.1, 0.15) is 39.2 Å². The summed E-state index contributed by atoms with van der Waals surface area (Å²) in [5.41, 5.74) is -0.803. The SMILES string of the molecule is CC(C)(C)OC(=O)N1C2COCC1CC(C(=O)Cc1ccc(F)c(F)c1F)C2. The third kappa shape index (κ3) is 4.32. The summed E-state index contributed by atoms with van der Waals surface area (Å²) < 4.78 is 51.4. The maximum atomic E-state index is 13.9. The number of carbonyl (C=O) groups is 2. The molecule has 0 spiro atoms. The van der Waals surface area contributed by atoms with Gasteiger partial charge in [-0.15, -0.1) is 0 Å². The van der Waals surface area contributed by atoms with E-state index in [2.05, 4.69) is 0 Å². The van der Waals surface area contributed by atoms with Crippen LogP contribution in [-0.2, 0) is 20.7 Å². The number of piperidine rings is 1. The molecule has 0 N–H and O–H groups in total. The molecule has 154 valence electrons. The van der Waals surface area contributed by atoms with Crippen molar-refractivity contribution >= 4 is 11.9 Å². The van der Waals surface area contributed by atoms with Crippen molar-refractivity contribution in [1.82, 2.24) is 4.90 Å². The van der Waals surface area contributed by atoms with E-state index in [0.29, 0.717) is 26.1 Å². The summed E-state index contributed by atoms with van der Waals surface area (Å²) in [4.78, 5) is 26.9. The average Bonchev–Trinajstić information content (AvgIpc) is 2.59. The van der Waals surface area contributed by atoms with Gasteiger partial charge in [-0.3, -0.25) is 9.69 Å². The summed E-state index contributed by atoms with van der Waals surface area (Å²) in [6.45, 7) is 5.93. The molecular weight excluding hydrogens is 375 g/mol. The highest BCUT2D eigenvalue weighted by Crippen LogP contribution is 2.34. The molecule has 2 heterocycles. The number of halogens is 3. The molecule has 1 amide bonds. The average molecular weight is 399 g/mol. The second-order valence-corrected chi connectivity index (χ2v) is 8.38. The predicted octanol–water partition coefficient (Wildman–Crippen LogP) is 3.63. The first-order valence-corrected chi connectivity index (χ1v) is 9.31. The maximum Gasteiger partial charge on any atom is 0.410 e. The van der Waals surface area contributed by atoms with Crippen molar-refractivity contribution in [3.8, 4) is 0 Å². The van der Waals surface area contributed by atoms with Gasteiger partial charge >= 0.3 is 6.09 Å². The highest BCUT2D eigenvalue weighted by Gasteiger charge is 2.45. The highest BCUT2D eigenvalue weighted by molar-refractivity contribution is 5.84.